The van der Waals surface area contributed by atoms with Crippen molar-refractivity contribution in [3.05, 3.63) is 86.5 Å². The average Bonchev–Trinajstić information content (AvgIpc) is 3.15. The minimum Gasteiger partial charge on any atom is -0.398 e. The Labute approximate surface area is 216 Å². The fourth-order valence-corrected chi connectivity index (χ4v) is 3.53. The van der Waals surface area contributed by atoms with Crippen LogP contribution >= 0.6 is 23.2 Å². The standard InChI is InChI=1S/C14H12Cl2N2O.C11H9N3O3/c1-8-2-4-10(7-13(8)17)18-14(19)11-5-3-9(15)6-12(11)16;1-6(15)4-10(16)12-7-2-3-8-9(5-7)14-11(17)13-8/h2-7H,17H2,1H3,(H,18,19);2-3,5H,4H2,1H3,(H,12,16). The Balaban J connectivity index is 0.000000202. The van der Waals surface area contributed by atoms with Gasteiger partial charge in [0.1, 0.15) is 5.78 Å². The molecule has 0 unspecified atom stereocenters. The molecular formula is C25H21Cl2N5O4. The lowest BCUT2D eigenvalue weighted by Crippen LogP contribution is -2.23. The third-order valence-corrected chi connectivity index (χ3v) is 5.36. The van der Waals surface area contributed by atoms with Crippen LogP contribution in [0, 0.1) is 6.92 Å². The number of amides is 4. The molecule has 11 heteroatoms. The first-order valence-corrected chi connectivity index (χ1v) is 11.3. The molecule has 1 aliphatic rings. The van der Waals surface area contributed by atoms with E-state index in [0.29, 0.717) is 43.4 Å². The first-order chi connectivity index (χ1) is 17.0. The third-order valence-electron chi connectivity index (χ3n) is 4.81. The molecule has 0 atom stereocenters. The van der Waals surface area contributed by atoms with E-state index in [-0.39, 0.29) is 18.1 Å². The Morgan fingerprint density at radius 3 is 2.22 bits per heavy atom. The van der Waals surface area contributed by atoms with Crippen molar-refractivity contribution in [2.24, 2.45) is 9.98 Å². The summed E-state index contributed by atoms with van der Waals surface area (Å²) in [5.74, 6) is -0.901. The number of nitrogen functional groups attached to an aromatic ring is 1. The summed E-state index contributed by atoms with van der Waals surface area (Å²) in [6.45, 7) is 3.24. The minimum absolute atomic E-state index is 0.169. The Hall–Kier alpha value is -4.08. The molecule has 0 saturated carbocycles. The summed E-state index contributed by atoms with van der Waals surface area (Å²) < 4.78 is 0. The molecule has 0 aromatic heterocycles. The number of hydrogen-bond acceptors (Lipinski definition) is 5. The number of carbonyl (C=O) groups excluding carboxylic acids is 4. The molecular weight excluding hydrogens is 505 g/mol. The van der Waals surface area contributed by atoms with Crippen LogP contribution in [-0.2, 0) is 9.59 Å². The molecule has 0 fully saturated rings. The van der Waals surface area contributed by atoms with Crippen molar-refractivity contribution in [1.29, 1.82) is 0 Å². The van der Waals surface area contributed by atoms with Gasteiger partial charge in [0.15, 0.2) is 0 Å². The van der Waals surface area contributed by atoms with Crippen molar-refractivity contribution in [2.45, 2.75) is 20.3 Å². The van der Waals surface area contributed by atoms with Crippen molar-refractivity contribution in [3.8, 4) is 0 Å². The Bertz CT molecular complexity index is 1500. The molecule has 4 amide bonds. The Kier molecular flexibility index (Phi) is 8.52. The van der Waals surface area contributed by atoms with Gasteiger partial charge in [0, 0.05) is 22.1 Å². The smallest absolute Gasteiger partial charge is 0.368 e. The number of benzene rings is 3. The summed E-state index contributed by atoms with van der Waals surface area (Å²) in [5, 5.41) is 6.99. The van der Waals surface area contributed by atoms with Gasteiger partial charge >= 0.3 is 6.03 Å². The van der Waals surface area contributed by atoms with Crippen LogP contribution in [0.2, 0.25) is 10.0 Å². The number of nitrogens with two attached hydrogens (primary N) is 1. The van der Waals surface area contributed by atoms with Gasteiger partial charge in [-0.1, -0.05) is 29.3 Å². The van der Waals surface area contributed by atoms with Crippen molar-refractivity contribution in [2.75, 3.05) is 16.4 Å². The molecule has 36 heavy (non-hydrogen) atoms. The van der Waals surface area contributed by atoms with E-state index in [1.807, 2.05) is 13.0 Å². The lowest BCUT2D eigenvalue weighted by atomic mass is 10.1. The zero-order chi connectivity index (χ0) is 26.4. The van der Waals surface area contributed by atoms with E-state index in [1.54, 1.807) is 42.5 Å². The highest BCUT2D eigenvalue weighted by Crippen LogP contribution is 2.23. The average molecular weight is 526 g/mol. The van der Waals surface area contributed by atoms with Gasteiger partial charge in [-0.05, 0) is 67.9 Å². The minimum atomic E-state index is -0.549. The topological polar surface area (TPSA) is 143 Å². The number of hydrogen-bond donors (Lipinski definition) is 3. The van der Waals surface area contributed by atoms with Crippen LogP contribution in [0.3, 0.4) is 0 Å². The van der Waals surface area contributed by atoms with Gasteiger partial charge in [-0.3, -0.25) is 14.4 Å². The van der Waals surface area contributed by atoms with Crippen LogP contribution in [0.25, 0.3) is 0 Å². The van der Waals surface area contributed by atoms with Gasteiger partial charge in [0.2, 0.25) is 5.91 Å². The van der Waals surface area contributed by atoms with Gasteiger partial charge in [0.25, 0.3) is 5.91 Å². The number of Topliss-reactive ketones (excluding diaryl/α,β-unsaturated/α-hetero) is 1. The maximum atomic E-state index is 12.1. The fraction of sp³-hybridized carbons (Fsp3) is 0.120. The number of urea groups is 1. The molecule has 4 rings (SSSR count). The molecule has 0 aliphatic carbocycles. The van der Waals surface area contributed by atoms with Crippen LogP contribution < -0.4 is 27.1 Å². The molecule has 0 spiro atoms. The summed E-state index contributed by atoms with van der Waals surface area (Å²) in [7, 11) is 0. The summed E-state index contributed by atoms with van der Waals surface area (Å²) in [5.41, 5.74) is 8.86. The van der Waals surface area contributed by atoms with E-state index in [4.69, 9.17) is 28.9 Å². The van der Waals surface area contributed by atoms with Crippen LogP contribution in [0.1, 0.15) is 29.3 Å². The molecule has 0 bridgehead atoms. The number of aryl methyl sites for hydroxylation is 1. The van der Waals surface area contributed by atoms with Crippen LogP contribution in [0.5, 0.6) is 0 Å². The van der Waals surface area contributed by atoms with Crippen molar-refractivity contribution >= 4 is 63.9 Å². The molecule has 9 nitrogen and oxygen atoms in total. The highest BCUT2D eigenvalue weighted by Gasteiger charge is 2.11. The monoisotopic (exact) mass is 525 g/mol. The van der Waals surface area contributed by atoms with Crippen LogP contribution in [0.15, 0.2) is 64.6 Å². The predicted octanol–water partition coefficient (Wildman–Crippen LogP) is 4.11. The molecule has 0 radical (unpaired) electrons. The number of nitrogens with one attached hydrogen (secondary N) is 2. The zero-order valence-electron chi connectivity index (χ0n) is 19.3. The molecule has 1 heterocycles. The van der Waals surface area contributed by atoms with Crippen molar-refractivity contribution in [3.63, 3.8) is 0 Å². The molecule has 0 saturated heterocycles. The summed E-state index contributed by atoms with van der Waals surface area (Å²) >= 11 is 11.8. The number of halogens is 2. The van der Waals surface area contributed by atoms with Gasteiger partial charge in [-0.2, -0.15) is 9.98 Å². The number of rotatable bonds is 5. The number of nitrogens with zero attached hydrogens (tertiary/aromatic N) is 2. The summed E-state index contributed by atoms with van der Waals surface area (Å²) in [4.78, 5) is 52.4. The number of carbonyl (C=O) groups is 4. The number of fused-ring (bicyclic) bond motifs is 1. The van der Waals surface area contributed by atoms with E-state index in [9.17, 15) is 19.2 Å². The SMILES string of the molecule is CC(=O)CC(=O)Nc1ccc2c(c1)=NC(=O)N=2.Cc1ccc(NC(=O)c2ccc(Cl)cc2Cl)cc1N. The van der Waals surface area contributed by atoms with Gasteiger partial charge in [0.05, 0.1) is 27.7 Å². The van der Waals surface area contributed by atoms with Gasteiger partial charge in [-0.15, -0.1) is 0 Å². The highest BCUT2D eigenvalue weighted by molar-refractivity contribution is 6.37. The Morgan fingerprint density at radius 1 is 0.889 bits per heavy atom. The van der Waals surface area contributed by atoms with Crippen LogP contribution in [0.4, 0.5) is 21.9 Å². The van der Waals surface area contributed by atoms with Gasteiger partial charge in [-0.25, -0.2) is 4.79 Å². The second-order valence-electron chi connectivity index (χ2n) is 7.79. The summed E-state index contributed by atoms with van der Waals surface area (Å²) in [6, 6.07) is 14.2. The maximum Gasteiger partial charge on any atom is 0.368 e. The molecule has 3 aromatic rings. The third kappa shape index (κ3) is 7.21. The number of anilines is 3. The zero-order valence-corrected chi connectivity index (χ0v) is 20.8. The Morgan fingerprint density at radius 2 is 1.56 bits per heavy atom. The van der Waals surface area contributed by atoms with E-state index in [1.165, 1.54) is 13.0 Å². The van der Waals surface area contributed by atoms with Crippen molar-refractivity contribution < 1.29 is 19.2 Å². The molecule has 184 valence electrons. The second-order valence-corrected chi connectivity index (χ2v) is 8.63. The van der Waals surface area contributed by atoms with E-state index in [0.717, 1.165) is 5.56 Å². The highest BCUT2D eigenvalue weighted by atomic mass is 35.5. The molecule has 4 N–H and O–H groups in total. The first-order valence-electron chi connectivity index (χ1n) is 10.5. The van der Waals surface area contributed by atoms with E-state index in [2.05, 4.69) is 20.6 Å². The quantitative estimate of drug-likeness (QED) is 0.339. The molecule has 1 aliphatic heterocycles. The van der Waals surface area contributed by atoms with E-state index >= 15 is 0 Å². The van der Waals surface area contributed by atoms with Gasteiger partial charge < -0.3 is 16.4 Å². The lowest BCUT2D eigenvalue weighted by Gasteiger charge is -2.08. The van der Waals surface area contributed by atoms with E-state index < -0.39 is 11.9 Å². The summed E-state index contributed by atoms with van der Waals surface area (Å²) in [6.07, 6.45) is -0.169. The second kappa shape index (κ2) is 11.6. The molecule has 3 aromatic carbocycles. The normalized spacial score (nSPS) is 11.3. The largest absolute Gasteiger partial charge is 0.398 e. The maximum absolute atomic E-state index is 12.1. The van der Waals surface area contributed by atoms with Crippen LogP contribution in [-0.4, -0.2) is 23.6 Å². The first kappa shape index (κ1) is 26.5. The number of ketones is 1. The predicted molar refractivity (Wildman–Crippen MR) is 138 cm³/mol. The lowest BCUT2D eigenvalue weighted by molar-refractivity contribution is -0.124. The van der Waals surface area contributed by atoms with Crippen molar-refractivity contribution in [1.82, 2.24) is 0 Å². The fourth-order valence-electron chi connectivity index (χ4n) is 3.04.